The van der Waals surface area contributed by atoms with Gasteiger partial charge < -0.3 is 4.40 Å². The zero-order valence-corrected chi connectivity index (χ0v) is 16.1. The zero-order chi connectivity index (χ0) is 17.6. The first kappa shape index (κ1) is 16.3. The van der Waals surface area contributed by atoms with Crippen LogP contribution in [-0.4, -0.2) is 9.38 Å². The van der Waals surface area contributed by atoms with Gasteiger partial charge in [-0.1, -0.05) is 39.8 Å². The van der Waals surface area contributed by atoms with Crippen molar-refractivity contribution in [2.24, 2.45) is 0 Å². The van der Waals surface area contributed by atoms with E-state index in [1.807, 2.05) is 11.3 Å². The molecule has 0 N–H and O–H groups in total. The van der Waals surface area contributed by atoms with Gasteiger partial charge in [-0.3, -0.25) is 0 Å². The molecule has 0 aliphatic carbocycles. The van der Waals surface area contributed by atoms with Gasteiger partial charge in [0, 0.05) is 39.3 Å². The molecule has 0 saturated carbocycles. The van der Waals surface area contributed by atoms with E-state index >= 15 is 0 Å². The van der Waals surface area contributed by atoms with Crippen LogP contribution < -0.4 is 0 Å². The highest BCUT2D eigenvalue weighted by molar-refractivity contribution is 7.18. The molecule has 4 aromatic heterocycles. The number of hydrogen-bond donors (Lipinski definition) is 0. The highest BCUT2D eigenvalue weighted by atomic mass is 32.1. The second kappa shape index (κ2) is 5.99. The number of rotatable bonds is 3. The van der Waals surface area contributed by atoms with Gasteiger partial charge in [0.2, 0.25) is 0 Å². The van der Waals surface area contributed by atoms with Crippen molar-refractivity contribution in [3.05, 3.63) is 71.0 Å². The molecule has 4 heterocycles. The van der Waals surface area contributed by atoms with Crippen molar-refractivity contribution in [2.75, 3.05) is 0 Å². The van der Waals surface area contributed by atoms with Crippen molar-refractivity contribution in [3.63, 3.8) is 0 Å². The summed E-state index contributed by atoms with van der Waals surface area (Å²) >= 11 is 1.83. The number of pyridine rings is 2. The Labute approximate surface area is 153 Å². The minimum Gasteiger partial charge on any atom is -0.321 e. The van der Waals surface area contributed by atoms with Crippen molar-refractivity contribution in [1.82, 2.24) is 9.38 Å². The molecule has 25 heavy (non-hydrogen) atoms. The highest BCUT2D eigenvalue weighted by Gasteiger charge is 2.18. The Kier molecular flexibility index (Phi) is 3.92. The van der Waals surface area contributed by atoms with Crippen LogP contribution in [0, 0.1) is 0 Å². The molecule has 0 aromatic carbocycles. The van der Waals surface area contributed by atoms with E-state index in [0.717, 1.165) is 11.3 Å². The average Bonchev–Trinajstić information content (AvgIpc) is 3.20. The first-order chi connectivity index (χ1) is 11.9. The lowest BCUT2D eigenvalue weighted by atomic mass is 9.94. The largest absolute Gasteiger partial charge is 0.321 e. The molecule has 0 spiro atoms. The van der Waals surface area contributed by atoms with Gasteiger partial charge in [-0.15, -0.1) is 11.3 Å². The Hall–Kier alpha value is -2.13. The monoisotopic (exact) mass is 348 g/mol. The second-order valence-corrected chi connectivity index (χ2v) is 8.95. The van der Waals surface area contributed by atoms with Gasteiger partial charge in [0.15, 0.2) is 0 Å². The van der Waals surface area contributed by atoms with E-state index in [2.05, 4.69) is 86.8 Å². The fourth-order valence-electron chi connectivity index (χ4n) is 3.35. The molecule has 2 nitrogen and oxygen atoms in total. The summed E-state index contributed by atoms with van der Waals surface area (Å²) in [6.45, 7) is 9.07. The lowest BCUT2D eigenvalue weighted by Gasteiger charge is -2.14. The van der Waals surface area contributed by atoms with Crippen LogP contribution in [0.5, 0.6) is 0 Å². The SMILES string of the molecule is CC(Cc1ccc2cc(C(C)(C)C)sc2n1)c1cccc2cccn12. The third-order valence-electron chi connectivity index (χ3n) is 4.79. The molecule has 4 aromatic rings. The summed E-state index contributed by atoms with van der Waals surface area (Å²) in [7, 11) is 0. The van der Waals surface area contributed by atoms with Crippen LogP contribution in [0.2, 0.25) is 0 Å². The summed E-state index contributed by atoms with van der Waals surface area (Å²) in [5, 5.41) is 1.26. The highest BCUT2D eigenvalue weighted by Crippen LogP contribution is 2.33. The summed E-state index contributed by atoms with van der Waals surface area (Å²) in [4.78, 5) is 7.51. The number of fused-ring (bicyclic) bond motifs is 2. The number of nitrogens with zero attached hydrogens (tertiary/aromatic N) is 2. The molecule has 0 amide bonds. The first-order valence-electron chi connectivity index (χ1n) is 8.88. The van der Waals surface area contributed by atoms with Crippen molar-refractivity contribution in [1.29, 1.82) is 0 Å². The van der Waals surface area contributed by atoms with E-state index in [1.54, 1.807) is 0 Å². The standard InChI is InChI=1S/C22H24N2S/c1-15(19-9-5-7-18-8-6-12-24(18)19)13-17-11-10-16-14-20(22(2,3)4)25-21(16)23-17/h5-12,14-15H,13H2,1-4H3. The third kappa shape index (κ3) is 3.09. The molecule has 0 saturated heterocycles. The number of thiophene rings is 1. The smallest absolute Gasteiger partial charge is 0.123 e. The second-order valence-electron chi connectivity index (χ2n) is 7.92. The molecule has 0 aliphatic heterocycles. The Morgan fingerprint density at radius 2 is 1.88 bits per heavy atom. The van der Waals surface area contributed by atoms with E-state index < -0.39 is 0 Å². The maximum atomic E-state index is 4.95. The fraction of sp³-hybridized carbons (Fsp3) is 0.318. The topological polar surface area (TPSA) is 17.3 Å². The van der Waals surface area contributed by atoms with Crippen LogP contribution in [0.4, 0.5) is 0 Å². The van der Waals surface area contributed by atoms with Crippen molar-refractivity contribution in [2.45, 2.75) is 45.4 Å². The van der Waals surface area contributed by atoms with Crippen LogP contribution in [0.25, 0.3) is 15.7 Å². The predicted octanol–water partition coefficient (Wildman–Crippen LogP) is 6.19. The molecule has 0 aliphatic rings. The van der Waals surface area contributed by atoms with Gasteiger partial charge in [0.05, 0.1) is 0 Å². The van der Waals surface area contributed by atoms with E-state index in [9.17, 15) is 0 Å². The molecule has 3 heteroatoms. The maximum Gasteiger partial charge on any atom is 0.123 e. The van der Waals surface area contributed by atoms with Gasteiger partial charge in [-0.05, 0) is 48.2 Å². The molecular formula is C22H24N2S. The van der Waals surface area contributed by atoms with Crippen LogP contribution in [0.3, 0.4) is 0 Å². The summed E-state index contributed by atoms with van der Waals surface area (Å²) < 4.78 is 2.28. The van der Waals surface area contributed by atoms with Gasteiger partial charge in [-0.2, -0.15) is 0 Å². The molecule has 4 rings (SSSR count). The average molecular weight is 349 g/mol. The Morgan fingerprint density at radius 1 is 1.08 bits per heavy atom. The molecular weight excluding hydrogens is 324 g/mol. The van der Waals surface area contributed by atoms with Crippen molar-refractivity contribution in [3.8, 4) is 0 Å². The van der Waals surface area contributed by atoms with E-state index in [0.29, 0.717) is 5.92 Å². The van der Waals surface area contributed by atoms with Gasteiger partial charge in [-0.25, -0.2) is 4.98 Å². The van der Waals surface area contributed by atoms with E-state index in [1.165, 1.54) is 27.2 Å². The minimum atomic E-state index is 0.183. The number of aromatic nitrogens is 2. The van der Waals surface area contributed by atoms with Crippen LogP contribution in [-0.2, 0) is 11.8 Å². The van der Waals surface area contributed by atoms with Gasteiger partial charge in [0.1, 0.15) is 4.83 Å². The zero-order valence-electron chi connectivity index (χ0n) is 15.3. The summed E-state index contributed by atoms with van der Waals surface area (Å²) in [6, 6.07) is 17.5. The van der Waals surface area contributed by atoms with E-state index in [-0.39, 0.29) is 5.41 Å². The lowest BCUT2D eigenvalue weighted by molar-refractivity contribution is 0.604. The quantitative estimate of drug-likeness (QED) is 0.431. The van der Waals surface area contributed by atoms with Crippen LogP contribution >= 0.6 is 11.3 Å². The molecule has 1 unspecified atom stereocenters. The van der Waals surface area contributed by atoms with Gasteiger partial charge in [0.25, 0.3) is 0 Å². The minimum absolute atomic E-state index is 0.183. The van der Waals surface area contributed by atoms with Crippen LogP contribution in [0.15, 0.2) is 54.7 Å². The Morgan fingerprint density at radius 3 is 2.68 bits per heavy atom. The fourth-order valence-corrected chi connectivity index (χ4v) is 4.46. The van der Waals surface area contributed by atoms with E-state index in [4.69, 9.17) is 4.98 Å². The third-order valence-corrected chi connectivity index (χ3v) is 6.26. The normalized spacial score (nSPS) is 13.6. The van der Waals surface area contributed by atoms with Crippen molar-refractivity contribution < 1.29 is 0 Å². The molecule has 0 fully saturated rings. The summed E-state index contributed by atoms with van der Waals surface area (Å²) in [5.41, 5.74) is 3.95. The van der Waals surface area contributed by atoms with Gasteiger partial charge >= 0.3 is 0 Å². The molecule has 0 bridgehead atoms. The van der Waals surface area contributed by atoms with Crippen molar-refractivity contribution >= 4 is 27.1 Å². The summed E-state index contributed by atoms with van der Waals surface area (Å²) in [6.07, 6.45) is 3.10. The Bertz CT molecular complexity index is 1030. The lowest BCUT2D eigenvalue weighted by Crippen LogP contribution is -2.07. The first-order valence-corrected chi connectivity index (χ1v) is 9.69. The molecule has 128 valence electrons. The van der Waals surface area contributed by atoms with Crippen LogP contribution in [0.1, 0.15) is 49.9 Å². The molecule has 1 atom stereocenters. The number of hydrogen-bond acceptors (Lipinski definition) is 2. The summed E-state index contributed by atoms with van der Waals surface area (Å²) in [5.74, 6) is 0.420. The Balaban J connectivity index is 1.65. The molecule has 0 radical (unpaired) electrons. The predicted molar refractivity (Wildman–Crippen MR) is 108 cm³/mol. The maximum absolute atomic E-state index is 4.95.